The Morgan fingerprint density at radius 2 is 2.32 bits per heavy atom. The number of imidazole rings is 1. The Hall–Kier alpha value is -0.670. The van der Waals surface area contributed by atoms with Crippen LogP contribution in [-0.4, -0.2) is 29.9 Å². The highest BCUT2D eigenvalue weighted by Crippen LogP contribution is 2.27. The predicted molar refractivity (Wildman–Crippen MR) is 74.0 cm³/mol. The van der Waals surface area contributed by atoms with Crippen molar-refractivity contribution in [1.82, 2.24) is 14.1 Å². The van der Waals surface area contributed by atoms with E-state index in [1.807, 2.05) is 0 Å². The second-order valence-electron chi connectivity index (χ2n) is 4.65. The Morgan fingerprint density at radius 3 is 3.00 bits per heavy atom. The van der Waals surface area contributed by atoms with Crippen molar-refractivity contribution in [3.63, 3.8) is 0 Å². The number of sulfonamides is 1. The van der Waals surface area contributed by atoms with Gasteiger partial charge in [0.2, 0.25) is 0 Å². The molecule has 19 heavy (non-hydrogen) atoms. The van der Waals surface area contributed by atoms with Crippen LogP contribution in [0.1, 0.15) is 19.3 Å². The minimum atomic E-state index is -3.68. The van der Waals surface area contributed by atoms with Crippen molar-refractivity contribution >= 4 is 37.9 Å². The van der Waals surface area contributed by atoms with E-state index in [9.17, 15) is 8.42 Å². The Labute approximate surface area is 119 Å². The topological polar surface area (TPSA) is 89.5 Å². The van der Waals surface area contributed by atoms with Gasteiger partial charge in [-0.05, 0) is 19.3 Å². The first kappa shape index (κ1) is 13.3. The molecule has 0 bridgehead atoms. The molecule has 0 amide bonds. The molecule has 0 aliphatic heterocycles. The largest absolute Gasteiger partial charge is 0.328 e. The number of nitrogens with one attached hydrogen (secondary N) is 1. The van der Waals surface area contributed by atoms with Gasteiger partial charge in [0.1, 0.15) is 0 Å². The highest BCUT2D eigenvalue weighted by molar-refractivity contribution is 7.89. The quantitative estimate of drug-likeness (QED) is 0.889. The summed E-state index contributed by atoms with van der Waals surface area (Å²) in [6.45, 7) is 0. The fourth-order valence-corrected chi connectivity index (χ4v) is 5.11. The third-order valence-electron chi connectivity index (χ3n) is 3.23. The van der Waals surface area contributed by atoms with E-state index in [0.29, 0.717) is 11.4 Å². The van der Waals surface area contributed by atoms with Crippen LogP contribution in [0.2, 0.25) is 5.15 Å². The van der Waals surface area contributed by atoms with Gasteiger partial charge >= 0.3 is 0 Å². The molecule has 9 heteroatoms. The number of nitrogens with two attached hydrogens (primary N) is 1. The lowest BCUT2D eigenvalue weighted by molar-refractivity contribution is 0.545. The Bertz CT molecular complexity index is 708. The third-order valence-corrected chi connectivity index (χ3v) is 5.90. The van der Waals surface area contributed by atoms with Gasteiger partial charge in [-0.3, -0.25) is 4.40 Å². The molecule has 3 N–H and O–H groups in total. The van der Waals surface area contributed by atoms with Crippen molar-refractivity contribution in [3.8, 4) is 0 Å². The average molecular weight is 321 g/mol. The number of hydrogen-bond donors (Lipinski definition) is 2. The van der Waals surface area contributed by atoms with E-state index < -0.39 is 10.0 Å². The van der Waals surface area contributed by atoms with Crippen LogP contribution in [0.25, 0.3) is 4.96 Å². The van der Waals surface area contributed by atoms with Crippen molar-refractivity contribution in [2.24, 2.45) is 5.73 Å². The minimum absolute atomic E-state index is 0.00152. The summed E-state index contributed by atoms with van der Waals surface area (Å²) in [5.74, 6) is 0. The van der Waals surface area contributed by atoms with Gasteiger partial charge in [0.15, 0.2) is 15.1 Å². The normalized spacial score (nSPS) is 24.3. The van der Waals surface area contributed by atoms with E-state index in [-0.39, 0.29) is 22.3 Å². The molecule has 0 radical (unpaired) electrons. The molecule has 1 fully saturated rings. The van der Waals surface area contributed by atoms with E-state index in [1.165, 1.54) is 15.7 Å². The van der Waals surface area contributed by atoms with E-state index in [1.54, 1.807) is 11.6 Å². The summed E-state index contributed by atoms with van der Waals surface area (Å²) < 4.78 is 28.9. The SMILES string of the molecule is N[C@@H]1CC[C@@H](NS(=O)(=O)c2c(Cl)nc3sccn23)C1. The summed E-state index contributed by atoms with van der Waals surface area (Å²) >= 11 is 7.28. The van der Waals surface area contributed by atoms with Crippen LogP contribution in [0.4, 0.5) is 0 Å². The van der Waals surface area contributed by atoms with Crippen LogP contribution in [0.15, 0.2) is 16.6 Å². The molecular formula is C10H13ClN4O2S2. The first-order valence-corrected chi connectivity index (χ1v) is 8.60. The maximum atomic E-state index is 12.4. The van der Waals surface area contributed by atoms with Crippen LogP contribution in [0.5, 0.6) is 0 Å². The summed E-state index contributed by atoms with van der Waals surface area (Å²) in [6, 6.07) is -0.0602. The van der Waals surface area contributed by atoms with E-state index in [0.717, 1.165) is 12.8 Å². The molecule has 0 saturated heterocycles. The highest BCUT2D eigenvalue weighted by atomic mass is 35.5. The Morgan fingerprint density at radius 1 is 1.53 bits per heavy atom. The molecule has 2 atom stereocenters. The van der Waals surface area contributed by atoms with Crippen LogP contribution < -0.4 is 10.5 Å². The molecule has 1 aliphatic rings. The lowest BCUT2D eigenvalue weighted by Gasteiger charge is -2.12. The summed E-state index contributed by atoms with van der Waals surface area (Å²) in [5, 5.41) is 1.77. The van der Waals surface area contributed by atoms with Crippen molar-refractivity contribution in [1.29, 1.82) is 0 Å². The number of hydrogen-bond acceptors (Lipinski definition) is 5. The molecule has 2 heterocycles. The van der Waals surface area contributed by atoms with E-state index in [2.05, 4.69) is 9.71 Å². The van der Waals surface area contributed by atoms with Crippen LogP contribution in [-0.2, 0) is 10.0 Å². The molecule has 2 aromatic rings. The maximum Gasteiger partial charge on any atom is 0.260 e. The number of rotatable bonds is 3. The molecule has 0 spiro atoms. The van der Waals surface area contributed by atoms with Crippen LogP contribution >= 0.6 is 22.9 Å². The van der Waals surface area contributed by atoms with Gasteiger partial charge in [-0.15, -0.1) is 11.3 Å². The third kappa shape index (κ3) is 2.38. The van der Waals surface area contributed by atoms with Gasteiger partial charge in [0.05, 0.1) is 0 Å². The van der Waals surface area contributed by atoms with E-state index >= 15 is 0 Å². The van der Waals surface area contributed by atoms with Gasteiger partial charge in [-0.25, -0.2) is 18.1 Å². The zero-order valence-electron chi connectivity index (χ0n) is 9.91. The molecule has 1 aliphatic carbocycles. The fourth-order valence-electron chi connectivity index (χ4n) is 2.38. The minimum Gasteiger partial charge on any atom is -0.328 e. The van der Waals surface area contributed by atoms with Gasteiger partial charge in [0, 0.05) is 23.7 Å². The molecule has 2 aromatic heterocycles. The van der Waals surface area contributed by atoms with Gasteiger partial charge in [-0.1, -0.05) is 11.6 Å². The molecule has 104 valence electrons. The van der Waals surface area contributed by atoms with Gasteiger partial charge in [0.25, 0.3) is 10.0 Å². The van der Waals surface area contributed by atoms with Crippen LogP contribution in [0, 0.1) is 0 Å². The smallest absolute Gasteiger partial charge is 0.260 e. The Kier molecular flexibility index (Phi) is 3.30. The first-order chi connectivity index (χ1) is 8.97. The standard InChI is InChI=1S/C10H13ClN4O2S2/c11-8-9(15-3-4-18-10(15)13-8)19(16,17)14-7-2-1-6(12)5-7/h3-4,6-7,14H,1-2,5,12H2/t6-,7-/m1/s1. The first-order valence-electron chi connectivity index (χ1n) is 5.86. The molecule has 0 unspecified atom stereocenters. The van der Waals surface area contributed by atoms with Crippen molar-refractivity contribution < 1.29 is 8.42 Å². The number of nitrogens with zero attached hydrogens (tertiary/aromatic N) is 2. The maximum absolute atomic E-state index is 12.4. The van der Waals surface area contributed by atoms with Crippen molar-refractivity contribution in [2.75, 3.05) is 0 Å². The summed E-state index contributed by atoms with van der Waals surface area (Å²) in [6.07, 6.45) is 3.89. The van der Waals surface area contributed by atoms with Gasteiger partial charge in [-0.2, -0.15) is 0 Å². The zero-order chi connectivity index (χ0) is 13.6. The second kappa shape index (κ2) is 4.71. The van der Waals surface area contributed by atoms with Crippen LogP contribution in [0.3, 0.4) is 0 Å². The number of thiazole rings is 1. The number of aromatic nitrogens is 2. The molecule has 0 aromatic carbocycles. The molecular weight excluding hydrogens is 308 g/mol. The Balaban J connectivity index is 1.95. The molecule has 3 rings (SSSR count). The van der Waals surface area contributed by atoms with Gasteiger partial charge < -0.3 is 5.73 Å². The fraction of sp³-hybridized carbons (Fsp3) is 0.500. The van der Waals surface area contributed by atoms with Crippen molar-refractivity contribution in [2.45, 2.75) is 36.4 Å². The lowest BCUT2D eigenvalue weighted by Crippen LogP contribution is -2.34. The predicted octanol–water partition coefficient (Wildman–Crippen LogP) is 1.21. The average Bonchev–Trinajstić information content (AvgIpc) is 2.93. The number of fused-ring (bicyclic) bond motifs is 1. The summed E-state index contributed by atoms with van der Waals surface area (Å²) in [5.41, 5.74) is 5.79. The molecule has 6 nitrogen and oxygen atoms in total. The molecule has 1 saturated carbocycles. The summed E-state index contributed by atoms with van der Waals surface area (Å²) in [4.78, 5) is 4.60. The summed E-state index contributed by atoms with van der Waals surface area (Å²) in [7, 11) is -3.68. The zero-order valence-corrected chi connectivity index (χ0v) is 12.3. The second-order valence-corrected chi connectivity index (χ2v) is 7.51. The van der Waals surface area contributed by atoms with Crippen molar-refractivity contribution in [3.05, 3.63) is 16.7 Å². The highest BCUT2D eigenvalue weighted by Gasteiger charge is 2.30. The van der Waals surface area contributed by atoms with E-state index in [4.69, 9.17) is 17.3 Å². The number of halogens is 1. The lowest BCUT2D eigenvalue weighted by atomic mass is 10.2. The monoisotopic (exact) mass is 320 g/mol.